The number of rotatable bonds is 6. The Morgan fingerprint density at radius 1 is 0.593 bits per heavy atom. The van der Waals surface area contributed by atoms with Crippen molar-refractivity contribution in [1.82, 2.24) is 0 Å². The Hall–Kier alpha value is -6.12. The molecule has 0 saturated heterocycles. The van der Waals surface area contributed by atoms with E-state index in [1.165, 1.54) is 50.3 Å². The Morgan fingerprint density at radius 3 is 1.94 bits per heavy atom. The number of anilines is 5. The van der Waals surface area contributed by atoms with Crippen LogP contribution in [0, 0.1) is 5.92 Å². The van der Waals surface area contributed by atoms with Crippen molar-refractivity contribution < 1.29 is 0 Å². The molecule has 3 atom stereocenters. The first-order valence-electron chi connectivity index (χ1n) is 19.4. The normalized spacial score (nSPS) is 21.6. The molecule has 1 aliphatic heterocycles. The second kappa shape index (κ2) is 12.8. The largest absolute Gasteiger partial charge is 0.334 e. The molecule has 0 N–H and O–H groups in total. The van der Waals surface area contributed by atoms with Gasteiger partial charge in [0.05, 0.1) is 11.5 Å². The highest BCUT2D eigenvalue weighted by Crippen LogP contribution is 2.59. The fourth-order valence-corrected chi connectivity index (χ4v) is 10.0. The average Bonchev–Trinajstić information content (AvgIpc) is 3.54. The fourth-order valence-electron chi connectivity index (χ4n) is 10.0. The molecule has 0 saturated carbocycles. The summed E-state index contributed by atoms with van der Waals surface area (Å²) in [7, 11) is 0. The highest BCUT2D eigenvalue weighted by atomic mass is 15.2. The van der Waals surface area contributed by atoms with Crippen LogP contribution in [0.25, 0.3) is 5.57 Å². The Balaban J connectivity index is 1.15. The maximum atomic E-state index is 2.60. The van der Waals surface area contributed by atoms with Gasteiger partial charge < -0.3 is 9.80 Å². The maximum absolute atomic E-state index is 2.60. The van der Waals surface area contributed by atoms with Crippen LogP contribution in [-0.2, 0) is 10.8 Å². The number of allylic oxidation sites excluding steroid dienone is 6. The van der Waals surface area contributed by atoms with Gasteiger partial charge in [-0.2, -0.15) is 0 Å². The molecule has 54 heavy (non-hydrogen) atoms. The van der Waals surface area contributed by atoms with E-state index in [1.807, 2.05) is 0 Å². The molecule has 3 unspecified atom stereocenters. The van der Waals surface area contributed by atoms with Crippen LogP contribution in [0.4, 0.5) is 28.4 Å². The quantitative estimate of drug-likeness (QED) is 0.171. The maximum Gasteiger partial charge on any atom is 0.0676 e. The van der Waals surface area contributed by atoms with Crippen molar-refractivity contribution in [3.8, 4) is 0 Å². The van der Waals surface area contributed by atoms with Gasteiger partial charge in [0.15, 0.2) is 0 Å². The third-order valence-corrected chi connectivity index (χ3v) is 12.5. The zero-order chi connectivity index (χ0) is 36.3. The standard InChI is InChI=1S/C52H44N2/c1-51(2)47-28-16-17-29-49(47)54(42-33-31-41(32-34-42)53(39-20-8-4-9-21-39)40-22-10-5-11-23-40)50-35-30-38(36-48(50)51)52(37-18-6-3-7-19-37)45-26-14-12-24-43(45)44-25-13-15-27-46(44)52/h3-14,16-26,28-36,47,49H,15,27H2,1-2H3. The van der Waals surface area contributed by atoms with E-state index in [2.05, 4.69) is 218 Å². The predicted molar refractivity (Wildman–Crippen MR) is 226 cm³/mol. The summed E-state index contributed by atoms with van der Waals surface area (Å²) in [4.78, 5) is 4.93. The van der Waals surface area contributed by atoms with E-state index < -0.39 is 0 Å². The summed E-state index contributed by atoms with van der Waals surface area (Å²) >= 11 is 0. The van der Waals surface area contributed by atoms with E-state index in [1.54, 1.807) is 0 Å². The molecule has 6 aromatic carbocycles. The van der Waals surface area contributed by atoms with E-state index >= 15 is 0 Å². The van der Waals surface area contributed by atoms with Gasteiger partial charge >= 0.3 is 0 Å². The van der Waals surface area contributed by atoms with Crippen LogP contribution in [0.1, 0.15) is 54.5 Å². The first-order valence-corrected chi connectivity index (χ1v) is 19.4. The molecule has 10 rings (SSSR count). The summed E-state index contributed by atoms with van der Waals surface area (Å²) < 4.78 is 0. The Kier molecular flexibility index (Phi) is 7.70. The Labute approximate surface area is 319 Å². The van der Waals surface area contributed by atoms with Gasteiger partial charge in [-0.05, 0) is 106 Å². The SMILES string of the molecule is CC1(C)c2cc(C3(c4ccccc4)C4=C(C=CCC4)c4ccccc43)ccc2N(c2ccc(N(c3ccccc3)c3ccccc3)cc2)C2C=CC=CC21. The average molecular weight is 697 g/mol. The lowest BCUT2D eigenvalue weighted by Gasteiger charge is -2.51. The number of hydrogen-bond donors (Lipinski definition) is 0. The summed E-state index contributed by atoms with van der Waals surface area (Å²) in [5, 5.41) is 0. The minimum atomic E-state index is -0.354. The van der Waals surface area contributed by atoms with Crippen molar-refractivity contribution in [2.75, 3.05) is 9.80 Å². The van der Waals surface area contributed by atoms with Gasteiger partial charge in [-0.3, -0.25) is 0 Å². The first kappa shape index (κ1) is 32.5. The van der Waals surface area contributed by atoms with E-state index in [9.17, 15) is 0 Å². The molecule has 3 aliphatic carbocycles. The summed E-state index contributed by atoms with van der Waals surface area (Å²) in [5.74, 6) is 0.297. The van der Waals surface area contributed by atoms with Gasteiger partial charge in [0.2, 0.25) is 0 Å². The molecule has 2 nitrogen and oxygen atoms in total. The van der Waals surface area contributed by atoms with Gasteiger partial charge in [-0.15, -0.1) is 0 Å². The molecule has 0 aromatic heterocycles. The zero-order valence-electron chi connectivity index (χ0n) is 30.9. The number of para-hydroxylation sites is 2. The van der Waals surface area contributed by atoms with Crippen LogP contribution in [0.2, 0.25) is 0 Å². The van der Waals surface area contributed by atoms with Crippen LogP contribution in [0.15, 0.2) is 200 Å². The van der Waals surface area contributed by atoms with Crippen LogP contribution >= 0.6 is 0 Å². The number of nitrogens with zero attached hydrogens (tertiary/aromatic N) is 2. The number of benzene rings is 6. The van der Waals surface area contributed by atoms with Crippen LogP contribution in [-0.4, -0.2) is 6.04 Å². The topological polar surface area (TPSA) is 6.48 Å². The molecule has 0 fully saturated rings. The van der Waals surface area contributed by atoms with E-state index in [0.717, 1.165) is 29.9 Å². The highest BCUT2D eigenvalue weighted by Gasteiger charge is 2.50. The second-order valence-corrected chi connectivity index (χ2v) is 15.6. The predicted octanol–water partition coefficient (Wildman–Crippen LogP) is 13.1. The number of hydrogen-bond acceptors (Lipinski definition) is 2. The molecule has 0 spiro atoms. The van der Waals surface area contributed by atoms with Gasteiger partial charge in [0.25, 0.3) is 0 Å². The van der Waals surface area contributed by atoms with Gasteiger partial charge in [0.1, 0.15) is 0 Å². The lowest BCUT2D eigenvalue weighted by atomic mass is 9.61. The van der Waals surface area contributed by atoms with Crippen molar-refractivity contribution in [2.24, 2.45) is 5.92 Å². The van der Waals surface area contributed by atoms with Gasteiger partial charge in [-0.25, -0.2) is 0 Å². The minimum absolute atomic E-state index is 0.106. The van der Waals surface area contributed by atoms with E-state index in [0.29, 0.717) is 5.92 Å². The lowest BCUT2D eigenvalue weighted by molar-refractivity contribution is 0.332. The van der Waals surface area contributed by atoms with Crippen molar-refractivity contribution in [1.29, 1.82) is 0 Å². The summed E-state index contributed by atoms with van der Waals surface area (Å²) in [5.41, 5.74) is 15.2. The van der Waals surface area contributed by atoms with Crippen LogP contribution in [0.3, 0.4) is 0 Å². The van der Waals surface area contributed by atoms with E-state index in [-0.39, 0.29) is 16.9 Å². The van der Waals surface area contributed by atoms with Crippen LogP contribution < -0.4 is 9.80 Å². The molecule has 0 bridgehead atoms. The number of fused-ring (bicyclic) bond motifs is 4. The van der Waals surface area contributed by atoms with Crippen molar-refractivity contribution in [2.45, 2.75) is 43.6 Å². The molecular weight excluding hydrogens is 653 g/mol. The fraction of sp³-hybridized carbons (Fsp3) is 0.154. The van der Waals surface area contributed by atoms with Crippen LogP contribution in [0.5, 0.6) is 0 Å². The van der Waals surface area contributed by atoms with Gasteiger partial charge in [-0.1, -0.05) is 153 Å². The lowest BCUT2D eigenvalue weighted by Crippen LogP contribution is -2.50. The Bertz CT molecular complexity index is 2430. The summed E-state index contributed by atoms with van der Waals surface area (Å²) in [6.45, 7) is 4.92. The van der Waals surface area contributed by atoms with Crippen molar-refractivity contribution >= 4 is 34.0 Å². The van der Waals surface area contributed by atoms with Crippen molar-refractivity contribution in [3.05, 3.63) is 228 Å². The molecule has 6 aromatic rings. The third-order valence-electron chi connectivity index (χ3n) is 12.5. The molecule has 262 valence electrons. The smallest absolute Gasteiger partial charge is 0.0676 e. The van der Waals surface area contributed by atoms with Gasteiger partial charge in [0, 0.05) is 39.8 Å². The minimum Gasteiger partial charge on any atom is -0.334 e. The highest BCUT2D eigenvalue weighted by molar-refractivity contribution is 5.91. The zero-order valence-corrected chi connectivity index (χ0v) is 30.9. The third kappa shape index (κ3) is 4.86. The monoisotopic (exact) mass is 696 g/mol. The van der Waals surface area contributed by atoms with E-state index in [4.69, 9.17) is 0 Å². The summed E-state index contributed by atoms with van der Waals surface area (Å²) in [6.07, 6.45) is 16.2. The molecule has 2 heteroatoms. The van der Waals surface area contributed by atoms with Crippen molar-refractivity contribution in [3.63, 3.8) is 0 Å². The Morgan fingerprint density at radius 2 is 1.22 bits per heavy atom. The molecular formula is C52H44N2. The molecule has 0 amide bonds. The second-order valence-electron chi connectivity index (χ2n) is 15.6. The first-order chi connectivity index (χ1) is 26.6. The molecule has 0 radical (unpaired) electrons. The summed E-state index contributed by atoms with van der Waals surface area (Å²) in [6, 6.07) is 58.6. The molecule has 1 heterocycles. The molecule has 4 aliphatic rings.